The number of nitriles is 1. The van der Waals surface area contributed by atoms with Crippen molar-refractivity contribution in [2.24, 2.45) is 0 Å². The fourth-order valence-electron chi connectivity index (χ4n) is 2.16. The molecule has 21 heavy (non-hydrogen) atoms. The maximum Gasteiger partial charge on any atom is 0.124 e. The van der Waals surface area contributed by atoms with Crippen molar-refractivity contribution in [3.8, 4) is 6.07 Å². The van der Waals surface area contributed by atoms with Crippen LogP contribution >= 0.6 is 0 Å². The highest BCUT2D eigenvalue weighted by Crippen LogP contribution is 2.29. The molecule has 0 unspecified atom stereocenters. The summed E-state index contributed by atoms with van der Waals surface area (Å²) in [5.74, 6) is -0.447. The third-order valence-electron chi connectivity index (χ3n) is 3.17. The third kappa shape index (κ3) is 2.35. The van der Waals surface area contributed by atoms with Gasteiger partial charge in [0.25, 0.3) is 0 Å². The van der Waals surface area contributed by atoms with Crippen molar-refractivity contribution >= 4 is 28.0 Å². The second-order valence-electron chi connectivity index (χ2n) is 4.53. The van der Waals surface area contributed by atoms with E-state index in [-0.39, 0.29) is 5.56 Å². The van der Waals surface area contributed by atoms with E-state index in [0.29, 0.717) is 22.6 Å². The topological polar surface area (TPSA) is 74.7 Å². The molecule has 0 saturated carbocycles. The summed E-state index contributed by atoms with van der Waals surface area (Å²) in [6, 6.07) is 13.2. The summed E-state index contributed by atoms with van der Waals surface area (Å²) in [7, 11) is 0. The van der Waals surface area contributed by atoms with Crippen LogP contribution in [0.15, 0.2) is 48.7 Å². The Labute approximate surface area is 120 Å². The molecule has 3 N–H and O–H groups in total. The molecule has 0 amide bonds. The Morgan fingerprint density at radius 2 is 1.95 bits per heavy atom. The van der Waals surface area contributed by atoms with Crippen molar-refractivity contribution in [3.63, 3.8) is 0 Å². The van der Waals surface area contributed by atoms with E-state index in [2.05, 4.69) is 10.3 Å². The molecule has 0 fully saturated rings. The summed E-state index contributed by atoms with van der Waals surface area (Å²) >= 11 is 0. The molecule has 0 aliphatic rings. The SMILES string of the molecule is N#Cc1cc(F)ccc1Nc1ccc(N)c2cccnc12. The first-order chi connectivity index (χ1) is 10.2. The number of hydrogen-bond acceptors (Lipinski definition) is 4. The van der Waals surface area contributed by atoms with Gasteiger partial charge in [0.2, 0.25) is 0 Å². The Hall–Kier alpha value is -3.13. The summed E-state index contributed by atoms with van der Waals surface area (Å²) in [4.78, 5) is 4.31. The maximum atomic E-state index is 13.2. The second kappa shape index (κ2) is 5.10. The zero-order valence-electron chi connectivity index (χ0n) is 11.0. The average Bonchev–Trinajstić information content (AvgIpc) is 2.52. The van der Waals surface area contributed by atoms with Crippen LogP contribution in [0.3, 0.4) is 0 Å². The second-order valence-corrected chi connectivity index (χ2v) is 4.53. The van der Waals surface area contributed by atoms with Gasteiger partial charge in [-0.05, 0) is 42.5 Å². The third-order valence-corrected chi connectivity index (χ3v) is 3.17. The summed E-state index contributed by atoms with van der Waals surface area (Å²) in [6.45, 7) is 0. The molecule has 5 heteroatoms. The molecule has 102 valence electrons. The lowest BCUT2D eigenvalue weighted by atomic mass is 10.1. The number of nitrogens with two attached hydrogens (primary N) is 1. The van der Waals surface area contributed by atoms with E-state index in [1.807, 2.05) is 12.1 Å². The smallest absolute Gasteiger partial charge is 0.124 e. The molecule has 0 bridgehead atoms. The quantitative estimate of drug-likeness (QED) is 0.703. The maximum absolute atomic E-state index is 13.2. The van der Waals surface area contributed by atoms with Crippen LogP contribution in [0.2, 0.25) is 0 Å². The number of nitrogen functional groups attached to an aromatic ring is 1. The standard InChI is InChI=1S/C16H11FN4/c17-11-3-5-14(10(8-11)9-18)21-15-6-4-13(19)12-2-1-7-20-16(12)15/h1-8,21H,19H2. The molecule has 2 aromatic carbocycles. The van der Waals surface area contributed by atoms with E-state index in [4.69, 9.17) is 11.0 Å². The lowest BCUT2D eigenvalue weighted by Crippen LogP contribution is -1.98. The highest BCUT2D eigenvalue weighted by atomic mass is 19.1. The van der Waals surface area contributed by atoms with Crippen LogP contribution in [0.25, 0.3) is 10.9 Å². The number of anilines is 3. The van der Waals surface area contributed by atoms with Crippen molar-refractivity contribution < 1.29 is 4.39 Å². The fraction of sp³-hybridized carbons (Fsp3) is 0. The highest BCUT2D eigenvalue weighted by molar-refractivity contribution is 5.99. The predicted octanol–water partition coefficient (Wildman–Crippen LogP) is 3.57. The van der Waals surface area contributed by atoms with Crippen molar-refractivity contribution in [1.82, 2.24) is 4.98 Å². The molecule has 0 aliphatic carbocycles. The van der Waals surface area contributed by atoms with E-state index < -0.39 is 5.82 Å². The Morgan fingerprint density at radius 1 is 1.14 bits per heavy atom. The summed E-state index contributed by atoms with van der Waals surface area (Å²) in [5, 5.41) is 13.0. The van der Waals surface area contributed by atoms with Gasteiger partial charge in [-0.25, -0.2) is 4.39 Å². The minimum Gasteiger partial charge on any atom is -0.398 e. The number of aromatic nitrogens is 1. The Bertz CT molecular complexity index is 868. The number of rotatable bonds is 2. The molecular formula is C16H11FN4. The van der Waals surface area contributed by atoms with Crippen LogP contribution in [0.1, 0.15) is 5.56 Å². The number of nitrogens with zero attached hydrogens (tertiary/aromatic N) is 2. The molecule has 1 aromatic heterocycles. The van der Waals surface area contributed by atoms with Gasteiger partial charge in [-0.3, -0.25) is 4.98 Å². The molecule has 3 aromatic rings. The summed E-state index contributed by atoms with van der Waals surface area (Å²) in [5.41, 5.74) is 8.72. The largest absolute Gasteiger partial charge is 0.398 e. The van der Waals surface area contributed by atoms with E-state index in [1.165, 1.54) is 18.2 Å². The van der Waals surface area contributed by atoms with Crippen LogP contribution < -0.4 is 11.1 Å². The van der Waals surface area contributed by atoms with Crippen LogP contribution in [0.5, 0.6) is 0 Å². The monoisotopic (exact) mass is 278 g/mol. The van der Waals surface area contributed by atoms with Gasteiger partial charge in [0, 0.05) is 17.3 Å². The predicted molar refractivity (Wildman–Crippen MR) is 80.6 cm³/mol. The van der Waals surface area contributed by atoms with E-state index >= 15 is 0 Å². The molecule has 3 rings (SSSR count). The normalized spacial score (nSPS) is 10.3. The number of fused-ring (bicyclic) bond motifs is 1. The molecule has 0 aliphatic heterocycles. The molecule has 0 spiro atoms. The Kier molecular flexibility index (Phi) is 3.13. The van der Waals surface area contributed by atoms with Crippen molar-refractivity contribution in [2.75, 3.05) is 11.1 Å². The molecule has 1 heterocycles. The lowest BCUT2D eigenvalue weighted by Gasteiger charge is -2.11. The van der Waals surface area contributed by atoms with Crippen LogP contribution in [-0.4, -0.2) is 4.98 Å². The first-order valence-electron chi connectivity index (χ1n) is 6.29. The first kappa shape index (κ1) is 12.9. The van der Waals surface area contributed by atoms with E-state index in [9.17, 15) is 4.39 Å². The zero-order valence-corrected chi connectivity index (χ0v) is 11.0. The van der Waals surface area contributed by atoms with E-state index in [1.54, 1.807) is 24.4 Å². The molecule has 0 radical (unpaired) electrons. The van der Waals surface area contributed by atoms with Crippen LogP contribution in [0.4, 0.5) is 21.5 Å². The lowest BCUT2D eigenvalue weighted by molar-refractivity contribution is 0.627. The Balaban J connectivity index is 2.11. The number of halogens is 1. The molecular weight excluding hydrogens is 267 g/mol. The van der Waals surface area contributed by atoms with Crippen molar-refractivity contribution in [1.29, 1.82) is 5.26 Å². The minimum absolute atomic E-state index is 0.232. The first-order valence-corrected chi connectivity index (χ1v) is 6.29. The minimum atomic E-state index is -0.447. The van der Waals surface area contributed by atoms with Gasteiger partial charge in [0.05, 0.1) is 22.5 Å². The van der Waals surface area contributed by atoms with Crippen LogP contribution in [0, 0.1) is 17.1 Å². The number of pyridine rings is 1. The van der Waals surface area contributed by atoms with Gasteiger partial charge in [0.1, 0.15) is 11.9 Å². The van der Waals surface area contributed by atoms with Crippen molar-refractivity contribution in [3.05, 3.63) is 60.0 Å². The molecule has 4 nitrogen and oxygen atoms in total. The molecule has 0 atom stereocenters. The average molecular weight is 278 g/mol. The van der Waals surface area contributed by atoms with Crippen molar-refractivity contribution in [2.45, 2.75) is 0 Å². The van der Waals surface area contributed by atoms with Crippen LogP contribution in [-0.2, 0) is 0 Å². The summed E-state index contributed by atoms with van der Waals surface area (Å²) in [6.07, 6.45) is 1.67. The number of benzene rings is 2. The van der Waals surface area contributed by atoms with Gasteiger partial charge in [-0.15, -0.1) is 0 Å². The van der Waals surface area contributed by atoms with Gasteiger partial charge in [-0.1, -0.05) is 0 Å². The summed E-state index contributed by atoms with van der Waals surface area (Å²) < 4.78 is 13.2. The van der Waals surface area contributed by atoms with Gasteiger partial charge < -0.3 is 11.1 Å². The zero-order chi connectivity index (χ0) is 14.8. The van der Waals surface area contributed by atoms with Gasteiger partial charge in [-0.2, -0.15) is 5.26 Å². The highest BCUT2D eigenvalue weighted by Gasteiger charge is 2.08. The number of hydrogen-bond donors (Lipinski definition) is 2. The van der Waals surface area contributed by atoms with E-state index in [0.717, 1.165) is 5.39 Å². The molecule has 0 saturated heterocycles. The Morgan fingerprint density at radius 3 is 2.76 bits per heavy atom. The fourth-order valence-corrected chi connectivity index (χ4v) is 2.16. The van der Waals surface area contributed by atoms with Gasteiger partial charge in [0.15, 0.2) is 0 Å². The van der Waals surface area contributed by atoms with Gasteiger partial charge >= 0.3 is 0 Å². The number of nitrogens with one attached hydrogen (secondary N) is 1.